The summed E-state index contributed by atoms with van der Waals surface area (Å²) < 4.78 is 6.47. The van der Waals surface area contributed by atoms with Crippen molar-refractivity contribution in [3.63, 3.8) is 0 Å². The van der Waals surface area contributed by atoms with Crippen LogP contribution in [0.1, 0.15) is 10.6 Å². The van der Waals surface area contributed by atoms with Crippen LogP contribution >= 0.6 is 0 Å². The second-order valence-electron chi connectivity index (χ2n) is 4.03. The van der Waals surface area contributed by atoms with E-state index in [9.17, 15) is 9.59 Å². The van der Waals surface area contributed by atoms with Crippen molar-refractivity contribution in [1.82, 2.24) is 14.5 Å². The summed E-state index contributed by atoms with van der Waals surface area (Å²) >= 11 is 0. The molecule has 0 bridgehead atoms. The van der Waals surface area contributed by atoms with Crippen LogP contribution in [0.4, 0.5) is 0 Å². The van der Waals surface area contributed by atoms with Gasteiger partial charge in [-0.3, -0.25) is 9.36 Å². The molecule has 2 heterocycles. The van der Waals surface area contributed by atoms with Gasteiger partial charge in [0.15, 0.2) is 17.7 Å². The fourth-order valence-electron chi connectivity index (χ4n) is 1.88. The minimum atomic E-state index is -0.414. The van der Waals surface area contributed by atoms with Gasteiger partial charge in [-0.15, -0.1) is 0 Å². The first-order chi connectivity index (χ1) is 9.19. The number of aryl methyl sites for hydroxylation is 1. The van der Waals surface area contributed by atoms with E-state index in [1.165, 1.54) is 10.8 Å². The van der Waals surface area contributed by atoms with Crippen LogP contribution in [0.25, 0.3) is 22.4 Å². The molecule has 0 radical (unpaired) electrons. The van der Waals surface area contributed by atoms with Crippen LogP contribution in [0.2, 0.25) is 0 Å². The normalized spacial score (nSPS) is 10.8. The molecule has 0 saturated heterocycles. The summed E-state index contributed by atoms with van der Waals surface area (Å²) in [5, 5.41) is 0. The molecule has 3 rings (SSSR count). The molecule has 0 saturated carbocycles. The number of hydrogen-bond donors (Lipinski definition) is 0. The summed E-state index contributed by atoms with van der Waals surface area (Å²) in [7, 11) is 1.63. The second-order valence-corrected chi connectivity index (χ2v) is 4.03. The van der Waals surface area contributed by atoms with Gasteiger partial charge < -0.3 is 4.42 Å². The van der Waals surface area contributed by atoms with Gasteiger partial charge in [-0.05, 0) is 24.3 Å². The third kappa shape index (κ3) is 1.83. The zero-order chi connectivity index (χ0) is 13.4. The Morgan fingerprint density at radius 3 is 2.95 bits per heavy atom. The summed E-state index contributed by atoms with van der Waals surface area (Å²) in [4.78, 5) is 30.0. The fourth-order valence-corrected chi connectivity index (χ4v) is 1.88. The van der Waals surface area contributed by atoms with Crippen LogP contribution in [0, 0.1) is 0 Å². The molecule has 6 heteroatoms. The quantitative estimate of drug-likeness (QED) is 0.647. The maximum Gasteiger partial charge on any atom is 0.419 e. The van der Waals surface area contributed by atoms with Gasteiger partial charge in [-0.2, -0.15) is 0 Å². The fraction of sp³-hybridized carbons (Fsp3) is 0.0769. The SMILES string of the molecule is Cn1c(=O)oc2ccc(-c3ccnc(C=O)n3)cc21. The summed E-state index contributed by atoms with van der Waals surface area (Å²) in [6.07, 6.45) is 2.11. The molecule has 94 valence electrons. The molecular formula is C13H9N3O3. The molecule has 0 aliphatic carbocycles. The third-order valence-corrected chi connectivity index (χ3v) is 2.87. The number of carbonyl (C=O) groups is 1. The molecule has 0 N–H and O–H groups in total. The first-order valence-electron chi connectivity index (χ1n) is 5.57. The minimum Gasteiger partial charge on any atom is -0.408 e. The molecule has 0 fully saturated rings. The summed E-state index contributed by atoms with van der Waals surface area (Å²) in [5.74, 6) is -0.290. The third-order valence-electron chi connectivity index (χ3n) is 2.87. The maximum atomic E-state index is 11.4. The highest BCUT2D eigenvalue weighted by molar-refractivity contribution is 5.80. The number of rotatable bonds is 2. The molecule has 0 aliphatic rings. The monoisotopic (exact) mass is 255 g/mol. The minimum absolute atomic E-state index is 0.124. The molecule has 0 atom stereocenters. The standard InChI is InChI=1S/C13H9N3O3/c1-16-10-6-8(2-3-11(10)19-13(16)18)9-4-5-14-12(7-17)15-9/h2-7H,1H3. The maximum absolute atomic E-state index is 11.4. The van der Waals surface area contributed by atoms with Gasteiger partial charge >= 0.3 is 5.76 Å². The Labute approximate surface area is 107 Å². The number of carbonyl (C=O) groups excluding carboxylic acids is 1. The van der Waals surface area contributed by atoms with Crippen molar-refractivity contribution in [2.24, 2.45) is 7.05 Å². The Kier molecular flexibility index (Phi) is 2.49. The Bertz CT molecular complexity index is 833. The highest BCUT2D eigenvalue weighted by Gasteiger charge is 2.08. The zero-order valence-corrected chi connectivity index (χ0v) is 10.0. The Balaban J connectivity index is 2.22. The van der Waals surface area contributed by atoms with Gasteiger partial charge in [0.25, 0.3) is 0 Å². The van der Waals surface area contributed by atoms with Crippen molar-refractivity contribution in [3.05, 3.63) is 46.8 Å². The van der Waals surface area contributed by atoms with E-state index in [4.69, 9.17) is 4.42 Å². The zero-order valence-electron chi connectivity index (χ0n) is 10.0. The van der Waals surface area contributed by atoms with E-state index in [-0.39, 0.29) is 5.82 Å². The lowest BCUT2D eigenvalue weighted by Gasteiger charge is -2.01. The van der Waals surface area contributed by atoms with Crippen LogP contribution < -0.4 is 5.76 Å². The summed E-state index contributed by atoms with van der Waals surface area (Å²) in [6, 6.07) is 6.97. The van der Waals surface area contributed by atoms with Crippen LogP contribution in [-0.2, 0) is 7.05 Å². The van der Waals surface area contributed by atoms with Crippen molar-refractivity contribution >= 4 is 17.4 Å². The van der Waals surface area contributed by atoms with Crippen molar-refractivity contribution in [2.75, 3.05) is 0 Å². The molecule has 3 aromatic rings. The van der Waals surface area contributed by atoms with Gasteiger partial charge in [0.05, 0.1) is 11.2 Å². The van der Waals surface area contributed by atoms with E-state index in [2.05, 4.69) is 9.97 Å². The average molecular weight is 255 g/mol. The second kappa shape index (κ2) is 4.16. The summed E-state index contributed by atoms with van der Waals surface area (Å²) in [5.41, 5.74) is 2.59. The van der Waals surface area contributed by atoms with Crippen molar-refractivity contribution in [2.45, 2.75) is 0 Å². The highest BCUT2D eigenvalue weighted by atomic mass is 16.4. The predicted molar refractivity (Wildman–Crippen MR) is 67.9 cm³/mol. The highest BCUT2D eigenvalue weighted by Crippen LogP contribution is 2.21. The molecule has 6 nitrogen and oxygen atoms in total. The Morgan fingerprint density at radius 2 is 2.16 bits per heavy atom. The van der Waals surface area contributed by atoms with Crippen molar-refractivity contribution in [3.8, 4) is 11.3 Å². The van der Waals surface area contributed by atoms with Crippen molar-refractivity contribution in [1.29, 1.82) is 0 Å². The number of hydrogen-bond acceptors (Lipinski definition) is 5. The van der Waals surface area contributed by atoms with E-state index in [0.717, 1.165) is 5.56 Å². The molecular weight excluding hydrogens is 246 g/mol. The molecule has 2 aromatic heterocycles. The van der Waals surface area contributed by atoms with E-state index < -0.39 is 5.76 Å². The van der Waals surface area contributed by atoms with Gasteiger partial charge in [-0.1, -0.05) is 0 Å². The number of oxazole rings is 1. The average Bonchev–Trinajstić information content (AvgIpc) is 2.74. The summed E-state index contributed by atoms with van der Waals surface area (Å²) in [6.45, 7) is 0. The smallest absolute Gasteiger partial charge is 0.408 e. The molecule has 0 unspecified atom stereocenters. The van der Waals surface area contributed by atoms with Gasteiger partial charge in [0.2, 0.25) is 0 Å². The lowest BCUT2D eigenvalue weighted by atomic mass is 10.1. The lowest BCUT2D eigenvalue weighted by molar-refractivity contribution is 0.111. The van der Waals surface area contributed by atoms with E-state index >= 15 is 0 Å². The first-order valence-corrected chi connectivity index (χ1v) is 5.57. The number of fused-ring (bicyclic) bond motifs is 1. The first kappa shape index (κ1) is 11.3. The van der Waals surface area contributed by atoms with Crippen LogP contribution in [0.15, 0.2) is 39.7 Å². The molecule has 0 amide bonds. The number of aromatic nitrogens is 3. The lowest BCUT2D eigenvalue weighted by Crippen LogP contribution is -2.08. The number of aldehydes is 1. The Hall–Kier alpha value is -2.76. The van der Waals surface area contributed by atoms with E-state index in [1.807, 2.05) is 0 Å². The Morgan fingerprint density at radius 1 is 1.32 bits per heavy atom. The largest absolute Gasteiger partial charge is 0.419 e. The topological polar surface area (TPSA) is 78.0 Å². The van der Waals surface area contributed by atoms with Crippen LogP contribution in [0.3, 0.4) is 0 Å². The van der Waals surface area contributed by atoms with E-state index in [1.54, 1.807) is 31.3 Å². The molecule has 19 heavy (non-hydrogen) atoms. The number of nitrogens with zero attached hydrogens (tertiary/aromatic N) is 3. The van der Waals surface area contributed by atoms with Crippen molar-refractivity contribution < 1.29 is 9.21 Å². The van der Waals surface area contributed by atoms with Crippen LogP contribution in [-0.4, -0.2) is 20.8 Å². The predicted octanol–water partition coefficient (Wildman–Crippen LogP) is 1.40. The van der Waals surface area contributed by atoms with Crippen LogP contribution in [0.5, 0.6) is 0 Å². The van der Waals surface area contributed by atoms with Gasteiger partial charge in [0.1, 0.15) is 0 Å². The van der Waals surface area contributed by atoms with Gasteiger partial charge in [-0.25, -0.2) is 14.8 Å². The molecule has 0 aliphatic heterocycles. The van der Waals surface area contributed by atoms with E-state index in [0.29, 0.717) is 23.1 Å². The number of benzene rings is 1. The van der Waals surface area contributed by atoms with Gasteiger partial charge in [0, 0.05) is 18.8 Å². The molecule has 1 aromatic carbocycles. The molecule has 0 spiro atoms.